The minimum atomic E-state index is -0.304. The summed E-state index contributed by atoms with van der Waals surface area (Å²) in [5.41, 5.74) is 7.93. The molecule has 3 saturated carbocycles. The molecule has 34 heavy (non-hydrogen) atoms. The van der Waals surface area contributed by atoms with Crippen molar-refractivity contribution in [1.29, 1.82) is 0 Å². The monoisotopic (exact) mass is 472 g/mol. The van der Waals surface area contributed by atoms with Gasteiger partial charge in [0.05, 0.1) is 0 Å². The molecule has 0 aromatic heterocycles. The van der Waals surface area contributed by atoms with E-state index in [1.807, 2.05) is 0 Å². The van der Waals surface area contributed by atoms with Gasteiger partial charge >= 0.3 is 6.09 Å². The summed E-state index contributed by atoms with van der Waals surface area (Å²) in [6, 6.07) is 0. The topological polar surface area (TPSA) is 64.3 Å². The molecule has 4 nitrogen and oxygen atoms in total. The van der Waals surface area contributed by atoms with Crippen LogP contribution < -0.4 is 11.1 Å². The highest BCUT2D eigenvalue weighted by Crippen LogP contribution is 2.67. The fourth-order valence-corrected chi connectivity index (χ4v) is 9.12. The van der Waals surface area contributed by atoms with Crippen LogP contribution in [0.5, 0.6) is 0 Å². The van der Waals surface area contributed by atoms with Crippen molar-refractivity contribution in [3.63, 3.8) is 0 Å². The third kappa shape index (κ3) is 4.95. The van der Waals surface area contributed by atoms with Gasteiger partial charge in [-0.2, -0.15) is 0 Å². The summed E-state index contributed by atoms with van der Waals surface area (Å²) in [5.74, 6) is 5.18. The van der Waals surface area contributed by atoms with Gasteiger partial charge in [0.25, 0.3) is 0 Å². The normalized spacial score (nSPS) is 40.1. The van der Waals surface area contributed by atoms with Crippen molar-refractivity contribution in [2.24, 2.45) is 52.1 Å². The lowest BCUT2D eigenvalue weighted by molar-refractivity contribution is -0.0581. The first-order valence-electron chi connectivity index (χ1n) is 14.5. The van der Waals surface area contributed by atoms with Gasteiger partial charge in [0.2, 0.25) is 0 Å². The van der Waals surface area contributed by atoms with E-state index in [4.69, 9.17) is 10.5 Å². The highest BCUT2D eigenvalue weighted by Gasteiger charge is 2.59. The van der Waals surface area contributed by atoms with E-state index in [-0.39, 0.29) is 12.2 Å². The quantitative estimate of drug-likeness (QED) is 0.371. The standard InChI is InChI=1S/C30H52N2O2/c1-20(2)7-6-8-21(3)25-11-12-26-24-10-9-22-19-23(34-28(33)32-18-17-31)13-15-29(22,4)27(24)14-16-30(25,26)5/h9,20-21,23-27H,6-8,10-19,31H2,1-5H3,(H,32,33)/t21-,23+,24+,25-,26+,27+,29+,30-/m1/s1. The smallest absolute Gasteiger partial charge is 0.407 e. The molecule has 0 heterocycles. The van der Waals surface area contributed by atoms with E-state index in [0.29, 0.717) is 23.9 Å². The molecule has 4 heteroatoms. The van der Waals surface area contributed by atoms with Gasteiger partial charge in [-0.05, 0) is 91.3 Å². The van der Waals surface area contributed by atoms with Crippen molar-refractivity contribution in [2.75, 3.05) is 13.1 Å². The lowest BCUT2D eigenvalue weighted by Crippen LogP contribution is -2.51. The first kappa shape index (κ1) is 26.0. The van der Waals surface area contributed by atoms with Crippen LogP contribution in [-0.4, -0.2) is 25.3 Å². The molecule has 0 aliphatic heterocycles. The zero-order chi connectivity index (χ0) is 24.5. The maximum absolute atomic E-state index is 12.1. The summed E-state index contributed by atoms with van der Waals surface area (Å²) < 4.78 is 5.75. The summed E-state index contributed by atoms with van der Waals surface area (Å²) in [6.45, 7) is 13.4. The van der Waals surface area contributed by atoms with Crippen LogP contribution in [0.2, 0.25) is 0 Å². The SMILES string of the molecule is CC(C)CCC[C@@H](C)[C@H]1CC[C@H]2[C@@H]3CC=C4C[C@@H](OC(=O)NCCN)CC[C@]4(C)[C@H]3CC[C@]12C. The average Bonchev–Trinajstić information content (AvgIpc) is 3.15. The minimum absolute atomic E-state index is 0.0186. The first-order valence-corrected chi connectivity index (χ1v) is 14.5. The number of hydrogen-bond donors (Lipinski definition) is 2. The van der Waals surface area contributed by atoms with E-state index in [2.05, 4.69) is 46.0 Å². The molecule has 4 rings (SSSR count). The van der Waals surface area contributed by atoms with Crippen molar-refractivity contribution in [3.8, 4) is 0 Å². The van der Waals surface area contributed by atoms with Crippen LogP contribution in [0.15, 0.2) is 11.6 Å². The molecule has 0 unspecified atom stereocenters. The van der Waals surface area contributed by atoms with Crippen LogP contribution in [0, 0.1) is 46.3 Å². The Labute approximate surface area is 209 Å². The number of ether oxygens (including phenoxy) is 1. The molecule has 8 atom stereocenters. The average molecular weight is 473 g/mol. The van der Waals surface area contributed by atoms with Crippen LogP contribution in [0.3, 0.4) is 0 Å². The number of carbonyl (C=O) groups excluding carboxylic acids is 1. The van der Waals surface area contributed by atoms with Gasteiger partial charge in [0, 0.05) is 19.5 Å². The van der Waals surface area contributed by atoms with Crippen molar-refractivity contribution >= 4 is 6.09 Å². The highest BCUT2D eigenvalue weighted by atomic mass is 16.6. The maximum atomic E-state index is 12.1. The fourth-order valence-electron chi connectivity index (χ4n) is 9.12. The van der Waals surface area contributed by atoms with Gasteiger partial charge in [-0.25, -0.2) is 4.79 Å². The molecule has 0 radical (unpaired) electrons. The predicted octanol–water partition coefficient (Wildman–Crippen LogP) is 7.08. The molecule has 0 bridgehead atoms. The van der Waals surface area contributed by atoms with Crippen LogP contribution >= 0.6 is 0 Å². The van der Waals surface area contributed by atoms with Gasteiger partial charge in [0.15, 0.2) is 0 Å². The Morgan fingerprint density at radius 3 is 2.65 bits per heavy atom. The molecular formula is C30H52N2O2. The fraction of sp³-hybridized carbons (Fsp3) is 0.900. The summed E-state index contributed by atoms with van der Waals surface area (Å²) in [7, 11) is 0. The number of nitrogens with one attached hydrogen (secondary N) is 1. The third-order valence-corrected chi connectivity index (χ3v) is 10.9. The van der Waals surface area contributed by atoms with E-state index in [0.717, 1.165) is 54.8 Å². The van der Waals surface area contributed by atoms with E-state index in [9.17, 15) is 4.79 Å². The van der Waals surface area contributed by atoms with Crippen LogP contribution in [0.25, 0.3) is 0 Å². The molecule has 3 N–H and O–H groups in total. The van der Waals surface area contributed by atoms with Gasteiger partial charge in [-0.1, -0.05) is 65.5 Å². The van der Waals surface area contributed by atoms with Crippen molar-refractivity contribution in [2.45, 2.75) is 111 Å². The summed E-state index contributed by atoms with van der Waals surface area (Å²) in [6.07, 6.45) is 16.5. The molecule has 4 aliphatic carbocycles. The number of nitrogens with two attached hydrogens (primary N) is 1. The molecule has 1 amide bonds. The molecule has 194 valence electrons. The highest BCUT2D eigenvalue weighted by molar-refractivity contribution is 5.67. The Morgan fingerprint density at radius 2 is 1.91 bits per heavy atom. The number of carbonyl (C=O) groups is 1. The zero-order valence-electron chi connectivity index (χ0n) is 22.7. The molecule has 4 aliphatic rings. The number of amides is 1. The summed E-state index contributed by atoms with van der Waals surface area (Å²) in [5, 5.41) is 2.76. The predicted molar refractivity (Wildman–Crippen MR) is 140 cm³/mol. The minimum Gasteiger partial charge on any atom is -0.446 e. The number of fused-ring (bicyclic) bond motifs is 5. The second-order valence-corrected chi connectivity index (χ2v) is 13.3. The first-order chi connectivity index (χ1) is 16.2. The van der Waals surface area contributed by atoms with E-state index >= 15 is 0 Å². The lowest BCUT2D eigenvalue weighted by Gasteiger charge is -2.58. The molecule has 0 spiro atoms. The van der Waals surface area contributed by atoms with E-state index in [1.165, 1.54) is 51.4 Å². The van der Waals surface area contributed by atoms with Crippen LogP contribution in [0.1, 0.15) is 105 Å². The molecule has 0 aromatic rings. The van der Waals surface area contributed by atoms with Crippen molar-refractivity contribution in [1.82, 2.24) is 5.32 Å². The van der Waals surface area contributed by atoms with E-state index in [1.54, 1.807) is 5.57 Å². The maximum Gasteiger partial charge on any atom is 0.407 e. The Balaban J connectivity index is 1.41. The van der Waals surface area contributed by atoms with Gasteiger partial charge in [-0.15, -0.1) is 0 Å². The zero-order valence-corrected chi connectivity index (χ0v) is 22.7. The summed E-state index contributed by atoms with van der Waals surface area (Å²) >= 11 is 0. The van der Waals surface area contributed by atoms with Crippen molar-refractivity contribution < 1.29 is 9.53 Å². The number of allylic oxidation sites excluding steroid dienone is 1. The van der Waals surface area contributed by atoms with Crippen molar-refractivity contribution in [3.05, 3.63) is 11.6 Å². The third-order valence-electron chi connectivity index (χ3n) is 10.9. The largest absolute Gasteiger partial charge is 0.446 e. The number of rotatable bonds is 8. The second-order valence-electron chi connectivity index (χ2n) is 13.3. The Hall–Kier alpha value is -1.03. The number of alkyl carbamates (subject to hydrolysis) is 1. The van der Waals surface area contributed by atoms with Crippen LogP contribution in [0.4, 0.5) is 4.79 Å². The van der Waals surface area contributed by atoms with Gasteiger partial charge < -0.3 is 15.8 Å². The van der Waals surface area contributed by atoms with E-state index < -0.39 is 0 Å². The molecule has 0 saturated heterocycles. The molecular weight excluding hydrogens is 420 g/mol. The van der Waals surface area contributed by atoms with Gasteiger partial charge in [0.1, 0.15) is 6.10 Å². The van der Waals surface area contributed by atoms with Crippen LogP contribution in [-0.2, 0) is 4.74 Å². The summed E-state index contributed by atoms with van der Waals surface area (Å²) in [4.78, 5) is 12.1. The van der Waals surface area contributed by atoms with Gasteiger partial charge in [-0.3, -0.25) is 0 Å². The second kappa shape index (κ2) is 10.5. The molecule has 0 aromatic carbocycles. The Kier molecular flexibility index (Phi) is 8.06. The lowest BCUT2D eigenvalue weighted by atomic mass is 9.47. The Morgan fingerprint density at radius 1 is 1.12 bits per heavy atom. The Bertz CT molecular complexity index is 748. The molecule has 3 fully saturated rings. The number of hydrogen-bond acceptors (Lipinski definition) is 3.